The van der Waals surface area contributed by atoms with Gasteiger partial charge in [0.15, 0.2) is 0 Å². The van der Waals surface area contributed by atoms with Crippen molar-refractivity contribution in [2.75, 3.05) is 13.1 Å². The second kappa shape index (κ2) is 5.72. The van der Waals surface area contributed by atoms with E-state index >= 15 is 0 Å². The van der Waals surface area contributed by atoms with Gasteiger partial charge in [-0.15, -0.1) is 11.3 Å². The van der Waals surface area contributed by atoms with E-state index in [2.05, 4.69) is 22.4 Å². The standard InChI is InChI=1S/C15H24N2S/c16-13(15-8-4-10-18-15)11-17-9-3-6-12-5-1-2-7-14(12)17/h4,8,10,12-14H,1-3,5-7,9,11,16H2. The Kier molecular flexibility index (Phi) is 4.02. The fraction of sp³-hybridized carbons (Fsp3) is 0.733. The third kappa shape index (κ3) is 2.63. The average molecular weight is 264 g/mol. The van der Waals surface area contributed by atoms with Gasteiger partial charge in [-0.25, -0.2) is 0 Å². The highest BCUT2D eigenvalue weighted by Gasteiger charge is 2.33. The van der Waals surface area contributed by atoms with Crippen LogP contribution in [0, 0.1) is 5.92 Å². The summed E-state index contributed by atoms with van der Waals surface area (Å²) in [5.74, 6) is 0.961. The van der Waals surface area contributed by atoms with Gasteiger partial charge in [-0.3, -0.25) is 4.90 Å². The zero-order valence-electron chi connectivity index (χ0n) is 11.1. The van der Waals surface area contributed by atoms with Crippen LogP contribution in [0.1, 0.15) is 49.4 Å². The Morgan fingerprint density at radius 3 is 2.94 bits per heavy atom. The lowest BCUT2D eigenvalue weighted by Crippen LogP contribution is -2.48. The van der Waals surface area contributed by atoms with Crippen LogP contribution in [0.25, 0.3) is 0 Å². The molecular formula is C15H24N2S. The van der Waals surface area contributed by atoms with Crippen molar-refractivity contribution in [1.82, 2.24) is 4.90 Å². The molecule has 3 unspecified atom stereocenters. The molecule has 2 aliphatic rings. The zero-order valence-corrected chi connectivity index (χ0v) is 11.9. The van der Waals surface area contributed by atoms with Crippen molar-refractivity contribution >= 4 is 11.3 Å². The van der Waals surface area contributed by atoms with Gasteiger partial charge < -0.3 is 5.73 Å². The summed E-state index contributed by atoms with van der Waals surface area (Å²) in [6.07, 6.45) is 8.56. The van der Waals surface area contributed by atoms with Crippen LogP contribution in [0.15, 0.2) is 17.5 Å². The molecule has 2 nitrogen and oxygen atoms in total. The fourth-order valence-electron chi connectivity index (χ4n) is 3.80. The molecule has 0 amide bonds. The number of piperidine rings is 1. The molecule has 100 valence electrons. The molecule has 1 saturated heterocycles. The maximum Gasteiger partial charge on any atom is 0.0519 e. The van der Waals surface area contributed by atoms with Gasteiger partial charge in [0, 0.05) is 17.5 Å². The molecule has 18 heavy (non-hydrogen) atoms. The molecule has 3 heteroatoms. The Bertz CT molecular complexity index is 361. The van der Waals surface area contributed by atoms with E-state index in [1.54, 1.807) is 11.3 Å². The molecule has 1 aliphatic heterocycles. The van der Waals surface area contributed by atoms with Gasteiger partial charge in [-0.1, -0.05) is 18.9 Å². The predicted molar refractivity (Wildman–Crippen MR) is 77.8 cm³/mol. The molecule has 1 aromatic heterocycles. The largest absolute Gasteiger partial charge is 0.322 e. The summed E-state index contributed by atoms with van der Waals surface area (Å²) in [4.78, 5) is 4.03. The lowest BCUT2D eigenvalue weighted by atomic mass is 9.78. The molecule has 1 aliphatic carbocycles. The molecule has 1 saturated carbocycles. The first kappa shape index (κ1) is 12.6. The number of likely N-dealkylation sites (tertiary alicyclic amines) is 1. The molecule has 2 fully saturated rings. The first-order chi connectivity index (χ1) is 8.84. The number of hydrogen-bond donors (Lipinski definition) is 1. The van der Waals surface area contributed by atoms with Gasteiger partial charge in [0.2, 0.25) is 0 Å². The van der Waals surface area contributed by atoms with Crippen LogP contribution in [-0.4, -0.2) is 24.0 Å². The molecular weight excluding hydrogens is 240 g/mol. The van der Waals surface area contributed by atoms with E-state index in [-0.39, 0.29) is 6.04 Å². The fourth-order valence-corrected chi connectivity index (χ4v) is 4.52. The van der Waals surface area contributed by atoms with E-state index in [1.807, 2.05) is 0 Å². The lowest BCUT2D eigenvalue weighted by Gasteiger charge is -2.45. The normalized spacial score (nSPS) is 30.9. The van der Waals surface area contributed by atoms with Gasteiger partial charge in [0.1, 0.15) is 0 Å². The van der Waals surface area contributed by atoms with E-state index in [9.17, 15) is 0 Å². The molecule has 3 rings (SSSR count). The Morgan fingerprint density at radius 2 is 2.11 bits per heavy atom. The highest BCUT2D eigenvalue weighted by molar-refractivity contribution is 7.10. The van der Waals surface area contributed by atoms with Gasteiger partial charge >= 0.3 is 0 Å². The summed E-state index contributed by atoms with van der Waals surface area (Å²) in [5.41, 5.74) is 6.36. The highest BCUT2D eigenvalue weighted by atomic mass is 32.1. The number of thiophene rings is 1. The van der Waals surface area contributed by atoms with Gasteiger partial charge in [-0.05, 0) is 49.6 Å². The molecule has 2 N–H and O–H groups in total. The number of nitrogens with two attached hydrogens (primary N) is 1. The van der Waals surface area contributed by atoms with Crippen molar-refractivity contribution in [3.8, 4) is 0 Å². The summed E-state index contributed by atoms with van der Waals surface area (Å²) in [6.45, 7) is 2.32. The Balaban J connectivity index is 1.64. The van der Waals surface area contributed by atoms with Crippen LogP contribution in [0.5, 0.6) is 0 Å². The van der Waals surface area contributed by atoms with E-state index in [0.717, 1.165) is 18.5 Å². The molecule has 2 heterocycles. The summed E-state index contributed by atoms with van der Waals surface area (Å²) in [7, 11) is 0. The molecule has 0 radical (unpaired) electrons. The third-order valence-electron chi connectivity index (χ3n) is 4.70. The maximum atomic E-state index is 6.36. The minimum absolute atomic E-state index is 0.214. The van der Waals surface area contributed by atoms with Gasteiger partial charge in [0.05, 0.1) is 6.04 Å². The zero-order chi connectivity index (χ0) is 12.4. The van der Waals surface area contributed by atoms with E-state index in [1.165, 1.54) is 49.9 Å². The molecule has 0 aromatic carbocycles. The molecule has 1 aromatic rings. The van der Waals surface area contributed by atoms with Crippen molar-refractivity contribution in [3.63, 3.8) is 0 Å². The van der Waals surface area contributed by atoms with Crippen LogP contribution < -0.4 is 5.73 Å². The lowest BCUT2D eigenvalue weighted by molar-refractivity contribution is 0.0564. The van der Waals surface area contributed by atoms with Crippen molar-refractivity contribution in [2.45, 2.75) is 50.6 Å². The van der Waals surface area contributed by atoms with Crippen LogP contribution in [-0.2, 0) is 0 Å². The van der Waals surface area contributed by atoms with Crippen LogP contribution in [0.4, 0.5) is 0 Å². The Labute approximate surface area is 114 Å². The van der Waals surface area contributed by atoms with Crippen molar-refractivity contribution in [3.05, 3.63) is 22.4 Å². The number of hydrogen-bond acceptors (Lipinski definition) is 3. The topological polar surface area (TPSA) is 29.3 Å². The molecule has 3 atom stereocenters. The third-order valence-corrected chi connectivity index (χ3v) is 5.70. The number of nitrogens with zero attached hydrogens (tertiary/aromatic N) is 1. The minimum Gasteiger partial charge on any atom is -0.322 e. The van der Waals surface area contributed by atoms with Crippen molar-refractivity contribution < 1.29 is 0 Å². The predicted octanol–water partition coefficient (Wildman–Crippen LogP) is 3.40. The van der Waals surface area contributed by atoms with Gasteiger partial charge in [0.25, 0.3) is 0 Å². The summed E-state index contributed by atoms with van der Waals surface area (Å²) in [5, 5.41) is 2.13. The number of fused-ring (bicyclic) bond motifs is 1. The molecule has 0 bridgehead atoms. The van der Waals surface area contributed by atoms with E-state index in [0.29, 0.717) is 0 Å². The monoisotopic (exact) mass is 264 g/mol. The number of rotatable bonds is 3. The first-order valence-electron chi connectivity index (χ1n) is 7.37. The maximum absolute atomic E-state index is 6.36. The second-order valence-electron chi connectivity index (χ2n) is 5.87. The van der Waals surface area contributed by atoms with Crippen LogP contribution in [0.2, 0.25) is 0 Å². The molecule has 0 spiro atoms. The average Bonchev–Trinajstić information content (AvgIpc) is 2.93. The van der Waals surface area contributed by atoms with Crippen molar-refractivity contribution in [1.29, 1.82) is 0 Å². The SMILES string of the molecule is NC(CN1CCCC2CCCCC21)c1cccs1. The summed E-state index contributed by atoms with van der Waals surface area (Å²) < 4.78 is 0. The highest BCUT2D eigenvalue weighted by Crippen LogP contribution is 2.36. The van der Waals surface area contributed by atoms with Crippen LogP contribution >= 0.6 is 11.3 Å². The van der Waals surface area contributed by atoms with E-state index < -0.39 is 0 Å². The van der Waals surface area contributed by atoms with Crippen molar-refractivity contribution in [2.24, 2.45) is 11.7 Å². The smallest absolute Gasteiger partial charge is 0.0519 e. The summed E-state index contributed by atoms with van der Waals surface area (Å²) in [6, 6.07) is 5.33. The van der Waals surface area contributed by atoms with Gasteiger partial charge in [-0.2, -0.15) is 0 Å². The second-order valence-corrected chi connectivity index (χ2v) is 6.85. The Morgan fingerprint density at radius 1 is 1.28 bits per heavy atom. The van der Waals surface area contributed by atoms with Crippen LogP contribution in [0.3, 0.4) is 0 Å². The first-order valence-corrected chi connectivity index (χ1v) is 8.25. The minimum atomic E-state index is 0.214. The van der Waals surface area contributed by atoms with E-state index in [4.69, 9.17) is 5.73 Å². The Hall–Kier alpha value is -0.380. The summed E-state index contributed by atoms with van der Waals surface area (Å²) >= 11 is 1.80. The quantitative estimate of drug-likeness (QED) is 0.906.